The summed E-state index contributed by atoms with van der Waals surface area (Å²) < 4.78 is 9.59. The Morgan fingerprint density at radius 1 is 0.903 bits per heavy atom. The van der Waals surface area contributed by atoms with E-state index in [1.807, 2.05) is 0 Å². The number of nitrogens with zero attached hydrogens (tertiary/aromatic N) is 1. The summed E-state index contributed by atoms with van der Waals surface area (Å²) in [5, 5.41) is 0. The summed E-state index contributed by atoms with van der Waals surface area (Å²) in [6.07, 6.45) is 1.56. The Kier molecular flexibility index (Phi) is 6.15. The van der Waals surface area contributed by atoms with E-state index in [0.29, 0.717) is 28.1 Å². The fourth-order valence-electron chi connectivity index (χ4n) is 3.35. The summed E-state index contributed by atoms with van der Waals surface area (Å²) in [6, 6.07) is 13.1. The quantitative estimate of drug-likeness (QED) is 0.418. The molecule has 0 N–H and O–H groups in total. The first-order chi connectivity index (χ1) is 14.8. The monoisotopic (exact) mass is 419 g/mol. The molecule has 1 amide bonds. The molecule has 1 heterocycles. The molecular formula is C24H21NO6. The largest absolute Gasteiger partial charge is 0.465 e. The van der Waals surface area contributed by atoms with Crippen molar-refractivity contribution in [3.63, 3.8) is 0 Å². The van der Waals surface area contributed by atoms with Gasteiger partial charge in [-0.2, -0.15) is 0 Å². The van der Waals surface area contributed by atoms with E-state index in [-0.39, 0.29) is 16.9 Å². The van der Waals surface area contributed by atoms with E-state index in [2.05, 4.69) is 4.74 Å². The van der Waals surface area contributed by atoms with Crippen LogP contribution in [-0.2, 0) is 19.1 Å². The van der Waals surface area contributed by atoms with Crippen LogP contribution in [0.5, 0.6) is 0 Å². The van der Waals surface area contributed by atoms with E-state index in [0.717, 1.165) is 0 Å². The van der Waals surface area contributed by atoms with Gasteiger partial charge in [0.2, 0.25) is 0 Å². The van der Waals surface area contributed by atoms with Crippen LogP contribution in [-0.4, -0.2) is 37.8 Å². The molecule has 0 spiro atoms. The number of esters is 2. The molecule has 7 nitrogen and oxygen atoms in total. The second-order valence-corrected chi connectivity index (χ2v) is 6.87. The van der Waals surface area contributed by atoms with Crippen LogP contribution in [0.1, 0.15) is 40.1 Å². The molecule has 7 heteroatoms. The van der Waals surface area contributed by atoms with Gasteiger partial charge >= 0.3 is 11.9 Å². The first-order valence-corrected chi connectivity index (χ1v) is 9.43. The molecule has 0 unspecified atom stereocenters. The number of amides is 1. The average Bonchev–Trinajstić information content (AvgIpc) is 3.02. The highest BCUT2D eigenvalue weighted by Gasteiger charge is 2.38. The zero-order valence-electron chi connectivity index (χ0n) is 17.6. The summed E-state index contributed by atoms with van der Waals surface area (Å²) in [7, 11) is 2.54. The smallest absolute Gasteiger partial charge is 0.340 e. The van der Waals surface area contributed by atoms with Gasteiger partial charge in [0.05, 0.1) is 30.9 Å². The number of Topliss-reactive ketones (excluding diaryl/α,β-unsaturated/α-hetero) is 1. The first kappa shape index (κ1) is 21.7. The molecule has 3 rings (SSSR count). The van der Waals surface area contributed by atoms with E-state index >= 15 is 0 Å². The summed E-state index contributed by atoms with van der Waals surface area (Å²) in [6.45, 7) is 3.09. The van der Waals surface area contributed by atoms with Gasteiger partial charge in [0.15, 0.2) is 5.78 Å². The SMILES string of the molecule is COC(=O)C1=C(C)N(c2cccc(C(C)=O)c2)C(=O)/C1=C\c1ccc(C(=O)OC)cc1. The number of ketones is 1. The van der Waals surface area contributed by atoms with Gasteiger partial charge in [-0.3, -0.25) is 14.5 Å². The number of ether oxygens (including phenoxy) is 2. The number of allylic oxidation sites excluding steroid dienone is 1. The van der Waals surface area contributed by atoms with Crippen molar-refractivity contribution in [3.8, 4) is 0 Å². The Labute approximate surface area is 179 Å². The normalized spacial score (nSPS) is 14.8. The summed E-state index contributed by atoms with van der Waals surface area (Å²) in [5.41, 5.74) is 2.60. The third kappa shape index (κ3) is 4.16. The summed E-state index contributed by atoms with van der Waals surface area (Å²) >= 11 is 0. The van der Waals surface area contributed by atoms with E-state index < -0.39 is 17.8 Å². The van der Waals surface area contributed by atoms with Crippen LogP contribution in [0, 0.1) is 0 Å². The molecule has 158 valence electrons. The lowest BCUT2D eigenvalue weighted by atomic mass is 10.0. The fourth-order valence-corrected chi connectivity index (χ4v) is 3.35. The van der Waals surface area contributed by atoms with Crippen molar-refractivity contribution < 1.29 is 28.7 Å². The van der Waals surface area contributed by atoms with Gasteiger partial charge in [-0.05, 0) is 49.8 Å². The Morgan fingerprint density at radius 3 is 2.13 bits per heavy atom. The van der Waals surface area contributed by atoms with Gasteiger partial charge in [0, 0.05) is 16.9 Å². The van der Waals surface area contributed by atoms with Crippen molar-refractivity contribution in [2.75, 3.05) is 19.1 Å². The number of carbonyl (C=O) groups excluding carboxylic acids is 4. The van der Waals surface area contributed by atoms with E-state index in [1.54, 1.807) is 61.5 Å². The van der Waals surface area contributed by atoms with E-state index in [1.165, 1.54) is 26.0 Å². The molecule has 1 aliphatic heterocycles. The van der Waals surface area contributed by atoms with Crippen LogP contribution in [0.25, 0.3) is 6.08 Å². The van der Waals surface area contributed by atoms with Crippen molar-refractivity contribution in [1.82, 2.24) is 0 Å². The lowest BCUT2D eigenvalue weighted by Gasteiger charge is -2.18. The number of carbonyl (C=O) groups is 4. The number of methoxy groups -OCH3 is 2. The lowest BCUT2D eigenvalue weighted by Crippen LogP contribution is -2.24. The van der Waals surface area contributed by atoms with Crippen molar-refractivity contribution >= 4 is 35.4 Å². The Balaban J connectivity index is 2.08. The molecule has 0 bridgehead atoms. The molecule has 1 aliphatic rings. The first-order valence-electron chi connectivity index (χ1n) is 9.43. The maximum atomic E-state index is 13.3. The molecule has 31 heavy (non-hydrogen) atoms. The van der Waals surface area contributed by atoms with Gasteiger partial charge in [-0.15, -0.1) is 0 Å². The zero-order chi connectivity index (χ0) is 22.7. The highest BCUT2D eigenvalue weighted by Crippen LogP contribution is 2.35. The van der Waals surface area contributed by atoms with Crippen LogP contribution < -0.4 is 4.90 Å². The predicted octanol–water partition coefficient (Wildman–Crippen LogP) is 3.55. The van der Waals surface area contributed by atoms with Crippen LogP contribution in [0.4, 0.5) is 5.69 Å². The maximum absolute atomic E-state index is 13.3. The maximum Gasteiger partial charge on any atom is 0.340 e. The topological polar surface area (TPSA) is 90.0 Å². The molecule has 0 atom stereocenters. The number of benzene rings is 2. The van der Waals surface area contributed by atoms with Crippen LogP contribution >= 0.6 is 0 Å². The van der Waals surface area contributed by atoms with Crippen molar-refractivity contribution in [2.45, 2.75) is 13.8 Å². The number of hydrogen-bond donors (Lipinski definition) is 0. The number of anilines is 1. The highest BCUT2D eigenvalue weighted by molar-refractivity contribution is 6.24. The lowest BCUT2D eigenvalue weighted by molar-refractivity contribution is -0.136. The molecule has 2 aromatic carbocycles. The fraction of sp³-hybridized carbons (Fsp3) is 0.167. The highest BCUT2D eigenvalue weighted by atomic mass is 16.5. The number of hydrogen-bond acceptors (Lipinski definition) is 6. The average molecular weight is 419 g/mol. The molecular weight excluding hydrogens is 398 g/mol. The van der Waals surface area contributed by atoms with E-state index in [4.69, 9.17) is 4.74 Å². The number of rotatable bonds is 5. The van der Waals surface area contributed by atoms with E-state index in [9.17, 15) is 19.2 Å². The van der Waals surface area contributed by atoms with Crippen LogP contribution in [0.2, 0.25) is 0 Å². The minimum Gasteiger partial charge on any atom is -0.465 e. The van der Waals surface area contributed by atoms with Crippen LogP contribution in [0.3, 0.4) is 0 Å². The third-order valence-electron chi connectivity index (χ3n) is 4.94. The molecule has 0 aliphatic carbocycles. The second-order valence-electron chi connectivity index (χ2n) is 6.87. The zero-order valence-corrected chi connectivity index (χ0v) is 17.6. The van der Waals surface area contributed by atoms with Crippen LogP contribution in [0.15, 0.2) is 65.4 Å². The third-order valence-corrected chi connectivity index (χ3v) is 4.94. The molecule has 0 radical (unpaired) electrons. The molecule has 2 aromatic rings. The minimum atomic E-state index is -0.645. The predicted molar refractivity (Wildman–Crippen MR) is 114 cm³/mol. The van der Waals surface area contributed by atoms with Gasteiger partial charge in [-0.25, -0.2) is 9.59 Å². The second kappa shape index (κ2) is 8.79. The summed E-state index contributed by atoms with van der Waals surface area (Å²) in [5.74, 6) is -1.67. The minimum absolute atomic E-state index is 0.134. The molecule has 0 saturated heterocycles. The van der Waals surface area contributed by atoms with Crippen molar-refractivity contribution in [3.05, 3.63) is 82.1 Å². The Bertz CT molecular complexity index is 1140. The summed E-state index contributed by atoms with van der Waals surface area (Å²) in [4.78, 5) is 50.6. The van der Waals surface area contributed by atoms with Crippen molar-refractivity contribution in [2.24, 2.45) is 0 Å². The standard InChI is InChI=1S/C24H21NO6/c1-14-21(24(29)31-4)20(12-16-8-10-17(11-9-16)23(28)30-3)22(27)25(14)19-7-5-6-18(13-19)15(2)26/h5-13H,1-4H3/b20-12-. The van der Waals surface area contributed by atoms with Gasteiger partial charge in [0.25, 0.3) is 5.91 Å². The molecule has 0 saturated carbocycles. The van der Waals surface area contributed by atoms with Gasteiger partial charge in [-0.1, -0.05) is 24.3 Å². The van der Waals surface area contributed by atoms with Crippen molar-refractivity contribution in [1.29, 1.82) is 0 Å². The molecule has 0 fully saturated rings. The Morgan fingerprint density at radius 2 is 1.55 bits per heavy atom. The van der Waals surface area contributed by atoms with Gasteiger partial charge in [0.1, 0.15) is 0 Å². The Hall–Kier alpha value is -4.00. The van der Waals surface area contributed by atoms with Gasteiger partial charge < -0.3 is 9.47 Å². The molecule has 0 aromatic heterocycles.